The summed E-state index contributed by atoms with van der Waals surface area (Å²) in [5, 5.41) is 2.87. The van der Waals surface area contributed by atoms with Crippen LogP contribution in [0.2, 0.25) is 5.02 Å². The lowest BCUT2D eigenvalue weighted by Gasteiger charge is -2.27. The Kier molecular flexibility index (Phi) is 4.13. The smallest absolute Gasteiger partial charge is 0.225 e. The number of carbonyl (C=O) groups excluding carboxylic acids is 1. The van der Waals surface area contributed by atoms with E-state index in [0.29, 0.717) is 22.7 Å². The van der Waals surface area contributed by atoms with Crippen LogP contribution in [0, 0.1) is 5.82 Å². The highest BCUT2D eigenvalue weighted by Gasteiger charge is 2.28. The van der Waals surface area contributed by atoms with Gasteiger partial charge in [-0.15, -0.1) is 0 Å². The molecule has 0 aromatic heterocycles. The molecule has 2 aromatic carbocycles. The van der Waals surface area contributed by atoms with Gasteiger partial charge in [0, 0.05) is 24.1 Å². The lowest BCUT2D eigenvalue weighted by Crippen LogP contribution is -2.23. The summed E-state index contributed by atoms with van der Waals surface area (Å²) in [5.74, 6) is 0.170. The molecule has 1 heterocycles. The molecule has 6 heteroatoms. The van der Waals surface area contributed by atoms with Crippen LogP contribution in [0.15, 0.2) is 30.3 Å². The third kappa shape index (κ3) is 2.84. The van der Waals surface area contributed by atoms with Gasteiger partial charge >= 0.3 is 0 Å². The Morgan fingerprint density at radius 1 is 1.17 bits per heavy atom. The molecule has 0 unspecified atom stereocenters. The van der Waals surface area contributed by atoms with E-state index in [1.165, 1.54) is 19.2 Å². The Morgan fingerprint density at radius 3 is 2.52 bits per heavy atom. The molecule has 1 atom stereocenters. The molecule has 0 saturated heterocycles. The van der Waals surface area contributed by atoms with Crippen LogP contribution in [-0.2, 0) is 4.79 Å². The summed E-state index contributed by atoms with van der Waals surface area (Å²) in [6.07, 6.45) is 0.226. The molecule has 120 valence electrons. The number of ether oxygens (including phenoxy) is 2. The zero-order chi connectivity index (χ0) is 16.6. The number of rotatable bonds is 3. The molecule has 1 aliphatic rings. The summed E-state index contributed by atoms with van der Waals surface area (Å²) in [6.45, 7) is 0. The molecule has 1 aliphatic heterocycles. The number of halogens is 2. The maximum atomic E-state index is 13.8. The molecular weight excluding hydrogens is 321 g/mol. The van der Waals surface area contributed by atoms with Gasteiger partial charge in [-0.2, -0.15) is 0 Å². The van der Waals surface area contributed by atoms with Crippen LogP contribution >= 0.6 is 11.6 Å². The molecule has 23 heavy (non-hydrogen) atoms. The van der Waals surface area contributed by atoms with Gasteiger partial charge < -0.3 is 14.8 Å². The highest BCUT2D eigenvalue weighted by molar-refractivity contribution is 6.30. The molecule has 1 amide bonds. The Morgan fingerprint density at radius 2 is 1.87 bits per heavy atom. The average molecular weight is 336 g/mol. The lowest BCUT2D eigenvalue weighted by molar-refractivity contribution is -0.116. The Labute approximate surface area is 138 Å². The van der Waals surface area contributed by atoms with E-state index in [4.69, 9.17) is 21.1 Å². The van der Waals surface area contributed by atoms with Gasteiger partial charge in [-0.3, -0.25) is 4.79 Å². The molecule has 0 saturated carbocycles. The van der Waals surface area contributed by atoms with Gasteiger partial charge in [0.15, 0.2) is 11.5 Å². The number of methoxy groups -OCH3 is 2. The number of carbonyl (C=O) groups is 1. The second-order valence-electron chi connectivity index (χ2n) is 5.27. The van der Waals surface area contributed by atoms with E-state index in [9.17, 15) is 9.18 Å². The summed E-state index contributed by atoms with van der Waals surface area (Å²) in [4.78, 5) is 12.0. The number of nitrogens with one attached hydrogen (secondary N) is 1. The second kappa shape index (κ2) is 6.08. The number of amides is 1. The normalized spacial score (nSPS) is 16.5. The number of hydrogen-bond acceptors (Lipinski definition) is 3. The summed E-state index contributed by atoms with van der Waals surface area (Å²) >= 11 is 5.74. The Bertz CT molecular complexity index is 779. The van der Waals surface area contributed by atoms with Crippen LogP contribution in [-0.4, -0.2) is 20.1 Å². The third-order valence-electron chi connectivity index (χ3n) is 3.94. The van der Waals surface area contributed by atoms with Crippen LogP contribution < -0.4 is 14.8 Å². The summed E-state index contributed by atoms with van der Waals surface area (Å²) in [7, 11) is 3.07. The topological polar surface area (TPSA) is 47.6 Å². The van der Waals surface area contributed by atoms with Gasteiger partial charge in [0.2, 0.25) is 5.91 Å². The number of benzene rings is 2. The fraction of sp³-hybridized carbons (Fsp3) is 0.235. The number of hydrogen-bond donors (Lipinski definition) is 1. The maximum Gasteiger partial charge on any atom is 0.225 e. The van der Waals surface area contributed by atoms with Crippen LogP contribution in [0.4, 0.5) is 10.1 Å². The van der Waals surface area contributed by atoms with Gasteiger partial charge in [-0.05, 0) is 29.3 Å². The monoisotopic (exact) mass is 335 g/mol. The Hall–Kier alpha value is -2.27. The van der Waals surface area contributed by atoms with Crippen LogP contribution in [0.25, 0.3) is 0 Å². The van der Waals surface area contributed by atoms with Gasteiger partial charge in [-0.1, -0.05) is 17.7 Å². The molecule has 3 rings (SSSR count). The van der Waals surface area contributed by atoms with E-state index < -0.39 is 5.82 Å². The van der Waals surface area contributed by atoms with Crippen molar-refractivity contribution in [1.29, 1.82) is 0 Å². The third-order valence-corrected chi connectivity index (χ3v) is 4.25. The second-order valence-corrected chi connectivity index (χ2v) is 5.68. The van der Waals surface area contributed by atoms with Crippen molar-refractivity contribution < 1.29 is 18.7 Å². The highest BCUT2D eigenvalue weighted by Crippen LogP contribution is 2.43. The largest absolute Gasteiger partial charge is 0.493 e. The maximum absolute atomic E-state index is 13.8. The molecule has 0 aliphatic carbocycles. The van der Waals surface area contributed by atoms with Crippen molar-refractivity contribution in [2.45, 2.75) is 12.3 Å². The molecule has 2 aromatic rings. The van der Waals surface area contributed by atoms with Gasteiger partial charge in [-0.25, -0.2) is 4.39 Å². The van der Waals surface area contributed by atoms with Crippen molar-refractivity contribution in [3.63, 3.8) is 0 Å². The standard InChI is InChI=1S/C17H15ClFNO3/c1-22-15-6-11-10(9-3-4-12(18)13(19)5-9)7-17(21)20-14(11)8-16(15)23-2/h3-6,8,10H,7H2,1-2H3,(H,20,21)/t10-/m0/s1. The predicted octanol–water partition coefficient (Wildman–Crippen LogP) is 3.97. The first-order chi connectivity index (χ1) is 11.0. The lowest BCUT2D eigenvalue weighted by atomic mass is 9.84. The number of anilines is 1. The van der Waals surface area contributed by atoms with Crippen molar-refractivity contribution in [3.8, 4) is 11.5 Å². The molecule has 4 nitrogen and oxygen atoms in total. The minimum absolute atomic E-state index is 0.0570. The SMILES string of the molecule is COc1cc2c(cc1OC)[C@H](c1ccc(Cl)c(F)c1)CC(=O)N2. The molecule has 1 N–H and O–H groups in total. The summed E-state index contributed by atoms with van der Waals surface area (Å²) < 4.78 is 24.4. The van der Waals surface area contributed by atoms with Crippen molar-refractivity contribution in [1.82, 2.24) is 0 Å². The average Bonchev–Trinajstić information content (AvgIpc) is 2.55. The first-order valence-electron chi connectivity index (χ1n) is 7.04. The van der Waals surface area contributed by atoms with E-state index in [1.54, 1.807) is 19.2 Å². The zero-order valence-corrected chi connectivity index (χ0v) is 13.4. The van der Waals surface area contributed by atoms with Gasteiger partial charge in [0.05, 0.1) is 19.2 Å². The molecule has 0 bridgehead atoms. The minimum atomic E-state index is -0.503. The fourth-order valence-corrected chi connectivity index (χ4v) is 2.93. The summed E-state index contributed by atoms with van der Waals surface area (Å²) in [5.41, 5.74) is 2.18. The van der Waals surface area contributed by atoms with Crippen molar-refractivity contribution in [3.05, 3.63) is 52.3 Å². The van der Waals surface area contributed by atoms with E-state index in [-0.39, 0.29) is 23.3 Å². The number of fused-ring (bicyclic) bond motifs is 1. The van der Waals surface area contributed by atoms with Gasteiger partial charge in [0.1, 0.15) is 5.82 Å². The van der Waals surface area contributed by atoms with E-state index in [0.717, 1.165) is 5.56 Å². The quantitative estimate of drug-likeness (QED) is 0.923. The first-order valence-corrected chi connectivity index (χ1v) is 7.42. The summed E-state index contributed by atoms with van der Waals surface area (Å²) in [6, 6.07) is 8.12. The van der Waals surface area contributed by atoms with Crippen LogP contribution in [0.1, 0.15) is 23.5 Å². The molecular formula is C17H15ClFNO3. The molecule has 0 fully saturated rings. The van der Waals surface area contributed by atoms with Crippen molar-refractivity contribution in [2.75, 3.05) is 19.5 Å². The van der Waals surface area contributed by atoms with E-state index in [2.05, 4.69) is 5.32 Å². The van der Waals surface area contributed by atoms with Gasteiger partial charge in [0.25, 0.3) is 0 Å². The van der Waals surface area contributed by atoms with E-state index in [1.807, 2.05) is 6.07 Å². The minimum Gasteiger partial charge on any atom is -0.493 e. The highest BCUT2D eigenvalue weighted by atomic mass is 35.5. The molecule has 0 radical (unpaired) electrons. The van der Waals surface area contributed by atoms with Crippen LogP contribution in [0.3, 0.4) is 0 Å². The fourth-order valence-electron chi connectivity index (χ4n) is 2.81. The molecule has 0 spiro atoms. The van der Waals surface area contributed by atoms with E-state index >= 15 is 0 Å². The first kappa shape index (κ1) is 15.6. The van der Waals surface area contributed by atoms with Crippen LogP contribution in [0.5, 0.6) is 11.5 Å². The van der Waals surface area contributed by atoms with Crippen molar-refractivity contribution >= 4 is 23.2 Å². The predicted molar refractivity (Wildman–Crippen MR) is 86.0 cm³/mol. The van der Waals surface area contributed by atoms with Crippen molar-refractivity contribution in [2.24, 2.45) is 0 Å². The zero-order valence-electron chi connectivity index (χ0n) is 12.7. The Balaban J connectivity index is 2.13.